The molecule has 9 N–H and O–H groups in total. The van der Waals surface area contributed by atoms with Crippen LogP contribution in [0.3, 0.4) is 0 Å². The fourth-order valence-corrected chi connectivity index (χ4v) is 16.9. The van der Waals surface area contributed by atoms with E-state index >= 15 is 0 Å². The van der Waals surface area contributed by atoms with Crippen LogP contribution in [0.5, 0.6) is 17.2 Å². The average molecular weight is 1740 g/mol. The van der Waals surface area contributed by atoms with E-state index in [2.05, 4.69) is 14.2 Å². The van der Waals surface area contributed by atoms with Gasteiger partial charge >= 0.3 is 0 Å². The summed E-state index contributed by atoms with van der Waals surface area (Å²) in [5, 5.41) is 56.4. The number of aliphatic hydroxyl groups excluding tert-OH is 6. The molecule has 0 heterocycles. The standard InChI is InChI=1S/3C20H21F3INO5S.C2H6/c3*1-30-17-8-16(22)18(23)14(6-11-2-3-12(24)7-15(11)21)19(17)25-31(28,29)20(4-5-20)9-13(27)10-26;1-2/h3*2-3,7-8,13,25-27H,4-6,9-10H2,1H3;1-2H3/t2*13-;;/m10../s1. The number of hydrogen-bond donors (Lipinski definition) is 9. The predicted molar refractivity (Wildman–Crippen MR) is 362 cm³/mol. The van der Waals surface area contributed by atoms with Crippen molar-refractivity contribution >= 4 is 115 Å². The number of aliphatic hydroxyl groups is 6. The third-order valence-corrected chi connectivity index (χ3v) is 24.5. The number of ether oxygens (including phenoxy) is 3. The van der Waals surface area contributed by atoms with E-state index in [0.717, 1.165) is 0 Å². The van der Waals surface area contributed by atoms with Crippen molar-refractivity contribution in [2.24, 2.45) is 0 Å². The van der Waals surface area contributed by atoms with Crippen molar-refractivity contribution in [3.8, 4) is 17.2 Å². The smallest absolute Gasteiger partial charge is 0.238 e. The second-order valence-electron chi connectivity index (χ2n) is 22.4. The van der Waals surface area contributed by atoms with Gasteiger partial charge in [0, 0.05) is 64.9 Å². The van der Waals surface area contributed by atoms with E-state index in [4.69, 9.17) is 29.5 Å². The lowest BCUT2D eigenvalue weighted by molar-refractivity contribution is 0.0858. The van der Waals surface area contributed by atoms with Crippen molar-refractivity contribution in [2.45, 2.75) is 123 Å². The van der Waals surface area contributed by atoms with Gasteiger partial charge in [-0.2, -0.15) is 0 Å². The molecule has 0 aliphatic heterocycles. The summed E-state index contributed by atoms with van der Waals surface area (Å²) in [6, 6.07) is 14.8. The lowest BCUT2D eigenvalue weighted by atomic mass is 10.0. The first-order chi connectivity index (χ1) is 44.6. The van der Waals surface area contributed by atoms with Crippen molar-refractivity contribution in [1.82, 2.24) is 0 Å². The zero-order valence-electron chi connectivity index (χ0n) is 51.4. The van der Waals surface area contributed by atoms with Gasteiger partial charge in [-0.05, 0) is 179 Å². The first-order valence-electron chi connectivity index (χ1n) is 29.0. The molecule has 6 aromatic carbocycles. The Kier molecular flexibility index (Phi) is 27.5. The number of methoxy groups -OCH3 is 3. The van der Waals surface area contributed by atoms with Crippen LogP contribution < -0.4 is 28.4 Å². The first-order valence-corrected chi connectivity index (χ1v) is 36.7. The average Bonchev–Trinajstić information content (AvgIpc) is 1.67. The van der Waals surface area contributed by atoms with E-state index < -0.39 is 171 Å². The van der Waals surface area contributed by atoms with Gasteiger partial charge in [-0.1, -0.05) is 32.0 Å². The summed E-state index contributed by atoms with van der Waals surface area (Å²) < 4.78 is 228. The molecule has 0 radical (unpaired) electrons. The zero-order chi connectivity index (χ0) is 70.9. The molecule has 0 aromatic heterocycles. The molecule has 1 unspecified atom stereocenters. The Bertz CT molecular complexity index is 3690. The fourth-order valence-electron chi connectivity index (χ4n) is 10.2. The monoisotopic (exact) mass is 1740 g/mol. The van der Waals surface area contributed by atoms with Crippen LogP contribution in [0.15, 0.2) is 72.8 Å². The molecule has 0 bridgehead atoms. The summed E-state index contributed by atoms with van der Waals surface area (Å²) in [5.74, 6) is -10.5. The molecular weight excluding hydrogens is 1670 g/mol. The topological polar surface area (TPSA) is 288 Å². The molecule has 0 saturated heterocycles. The van der Waals surface area contributed by atoms with Crippen molar-refractivity contribution in [3.63, 3.8) is 0 Å². The van der Waals surface area contributed by atoms with Gasteiger partial charge in [-0.15, -0.1) is 0 Å². The summed E-state index contributed by atoms with van der Waals surface area (Å²) in [6.07, 6.45) is -4.28. The van der Waals surface area contributed by atoms with Crippen molar-refractivity contribution < 1.29 is 110 Å². The summed E-state index contributed by atoms with van der Waals surface area (Å²) in [6.45, 7) is 2.18. The number of sulfonamides is 3. The minimum absolute atomic E-state index is 0.0456. The lowest BCUT2D eigenvalue weighted by Crippen LogP contribution is -2.34. The predicted octanol–water partition coefficient (Wildman–Crippen LogP) is 11.0. The Balaban J connectivity index is 0.000000223. The third-order valence-electron chi connectivity index (χ3n) is 15.9. The highest BCUT2D eigenvalue weighted by molar-refractivity contribution is 14.1. The third kappa shape index (κ3) is 18.8. The lowest BCUT2D eigenvalue weighted by Gasteiger charge is -2.23. The van der Waals surface area contributed by atoms with Crippen molar-refractivity contribution in [3.05, 3.63) is 169 Å². The highest BCUT2D eigenvalue weighted by atomic mass is 127. The highest BCUT2D eigenvalue weighted by Crippen LogP contribution is 2.52. The SMILES string of the molecule is CC.COc1cc(F)c(F)c(Cc2ccc(I)cc2F)c1NS(=O)(=O)C1(CC(O)CO)CC1.COc1cc(F)c(F)c(Cc2ccc(I)cc2F)c1NS(=O)(=O)C1(C[C@@H](O)CO)CC1.COc1cc(F)c(F)c(Cc2ccc(I)cc2F)c1NS(=O)(=O)C1(C[C@H](O)CO)CC1. The molecule has 3 aliphatic carbocycles. The minimum atomic E-state index is -4.19. The maximum atomic E-state index is 14.8. The Hall–Kier alpha value is -4.71. The van der Waals surface area contributed by atoms with Crippen LogP contribution in [0.1, 0.15) is 105 Å². The number of nitrogens with one attached hydrogen (secondary N) is 3. The normalized spacial score (nSPS) is 15.8. The van der Waals surface area contributed by atoms with Gasteiger partial charge in [0.2, 0.25) is 30.1 Å². The van der Waals surface area contributed by atoms with Crippen LogP contribution in [0.2, 0.25) is 0 Å². The fraction of sp³-hybridized carbons (Fsp3) is 0.419. The van der Waals surface area contributed by atoms with E-state index in [1.807, 2.05) is 81.6 Å². The molecule has 95 heavy (non-hydrogen) atoms. The Morgan fingerprint density at radius 1 is 0.411 bits per heavy atom. The first kappa shape index (κ1) is 79.3. The zero-order valence-corrected chi connectivity index (χ0v) is 60.3. The van der Waals surface area contributed by atoms with Crippen LogP contribution in [-0.4, -0.2) is 130 Å². The minimum Gasteiger partial charge on any atom is -0.494 e. The second-order valence-corrected chi connectivity index (χ2v) is 32.4. The summed E-state index contributed by atoms with van der Waals surface area (Å²) in [7, 11) is -9.05. The van der Waals surface area contributed by atoms with Crippen molar-refractivity contribution in [1.29, 1.82) is 0 Å². The highest BCUT2D eigenvalue weighted by Gasteiger charge is 2.58. The maximum absolute atomic E-state index is 14.8. The molecule has 0 spiro atoms. The molecule has 3 saturated carbocycles. The quantitative estimate of drug-likeness (QED) is 0.0171. The molecule has 33 heteroatoms. The molecule has 6 aromatic rings. The largest absolute Gasteiger partial charge is 0.494 e. The molecule has 18 nitrogen and oxygen atoms in total. The van der Waals surface area contributed by atoms with Gasteiger partial charge in [0.15, 0.2) is 34.9 Å². The maximum Gasteiger partial charge on any atom is 0.238 e. The molecule has 3 fully saturated rings. The molecule has 9 rings (SSSR count). The van der Waals surface area contributed by atoms with Gasteiger partial charge in [-0.25, -0.2) is 64.8 Å². The number of anilines is 3. The van der Waals surface area contributed by atoms with Gasteiger partial charge in [-0.3, -0.25) is 14.2 Å². The van der Waals surface area contributed by atoms with Gasteiger partial charge in [0.05, 0.1) is 90.8 Å². The van der Waals surface area contributed by atoms with E-state index in [1.165, 1.54) is 57.7 Å². The van der Waals surface area contributed by atoms with E-state index in [0.29, 0.717) is 28.9 Å². The van der Waals surface area contributed by atoms with Gasteiger partial charge in [0.25, 0.3) is 0 Å². The van der Waals surface area contributed by atoms with E-state index in [1.54, 1.807) is 18.2 Å². The van der Waals surface area contributed by atoms with E-state index in [9.17, 15) is 80.1 Å². The Labute approximate surface area is 585 Å². The van der Waals surface area contributed by atoms with Gasteiger partial charge < -0.3 is 44.8 Å². The Morgan fingerprint density at radius 2 is 0.632 bits per heavy atom. The van der Waals surface area contributed by atoms with E-state index in [-0.39, 0.29) is 109 Å². The Morgan fingerprint density at radius 3 is 0.811 bits per heavy atom. The molecular formula is C62H69F9I3N3O15S3. The second kappa shape index (κ2) is 33.0. The van der Waals surface area contributed by atoms with Crippen LogP contribution >= 0.6 is 67.8 Å². The molecule has 3 aliphatic rings. The van der Waals surface area contributed by atoms with Crippen LogP contribution in [0.25, 0.3) is 0 Å². The van der Waals surface area contributed by atoms with Gasteiger partial charge in [0.1, 0.15) is 34.7 Å². The summed E-state index contributed by atoms with van der Waals surface area (Å²) in [5.41, 5.74) is -2.06. The van der Waals surface area contributed by atoms with Crippen molar-refractivity contribution in [2.75, 3.05) is 55.3 Å². The number of benzene rings is 6. The van der Waals surface area contributed by atoms with Crippen LogP contribution in [0.4, 0.5) is 56.6 Å². The number of halogens is 12. The van der Waals surface area contributed by atoms with Crippen LogP contribution in [-0.2, 0) is 49.3 Å². The van der Waals surface area contributed by atoms with Crippen LogP contribution in [0, 0.1) is 63.1 Å². The number of rotatable bonds is 27. The summed E-state index contributed by atoms with van der Waals surface area (Å²) in [4.78, 5) is 0. The molecule has 0 amide bonds. The molecule has 3 atom stereocenters. The number of hydrogen-bond acceptors (Lipinski definition) is 15. The molecule has 524 valence electrons. The summed E-state index contributed by atoms with van der Waals surface area (Å²) >= 11 is 5.72.